The first-order valence-electron chi connectivity index (χ1n) is 6.29. The average molecular weight is 286 g/mol. The van der Waals surface area contributed by atoms with Gasteiger partial charge in [-0.25, -0.2) is 0 Å². The van der Waals surface area contributed by atoms with E-state index in [4.69, 9.17) is 21.1 Å². The van der Waals surface area contributed by atoms with Gasteiger partial charge in [0.1, 0.15) is 18.4 Å². The number of hydrogen-bond acceptors (Lipinski definition) is 4. The van der Waals surface area contributed by atoms with Gasteiger partial charge in [0.05, 0.1) is 6.61 Å². The second kappa shape index (κ2) is 8.02. The third-order valence-electron chi connectivity index (χ3n) is 2.80. The fraction of sp³-hybridized carbons (Fsp3) is 0.500. The van der Waals surface area contributed by atoms with E-state index in [1.165, 1.54) is 0 Å². The summed E-state index contributed by atoms with van der Waals surface area (Å²) in [4.78, 5) is 13.4. The minimum absolute atomic E-state index is 0.215. The zero-order valence-corrected chi connectivity index (χ0v) is 12.3. The number of ether oxygens (including phenoxy) is 2. The molecule has 0 aliphatic carbocycles. The van der Waals surface area contributed by atoms with Crippen LogP contribution in [0.1, 0.15) is 13.8 Å². The van der Waals surface area contributed by atoms with E-state index >= 15 is 0 Å². The van der Waals surface area contributed by atoms with Crippen LogP contribution in [0.25, 0.3) is 0 Å². The summed E-state index contributed by atoms with van der Waals surface area (Å²) in [7, 11) is 1.86. The van der Waals surface area contributed by atoms with E-state index in [1.54, 1.807) is 19.1 Å². The van der Waals surface area contributed by atoms with E-state index in [0.29, 0.717) is 24.8 Å². The van der Waals surface area contributed by atoms with E-state index in [2.05, 4.69) is 0 Å². The highest BCUT2D eigenvalue weighted by molar-refractivity contribution is 6.30. The van der Waals surface area contributed by atoms with Crippen molar-refractivity contribution in [2.45, 2.75) is 19.9 Å². The molecule has 4 nitrogen and oxygen atoms in total. The van der Waals surface area contributed by atoms with E-state index < -0.39 is 0 Å². The van der Waals surface area contributed by atoms with Crippen LogP contribution in [-0.2, 0) is 9.53 Å². The van der Waals surface area contributed by atoms with Gasteiger partial charge in [-0.2, -0.15) is 0 Å². The first-order chi connectivity index (χ1) is 9.04. The van der Waals surface area contributed by atoms with Crippen LogP contribution in [0, 0.1) is 0 Å². The van der Waals surface area contributed by atoms with Gasteiger partial charge < -0.3 is 9.47 Å². The quantitative estimate of drug-likeness (QED) is 0.722. The Morgan fingerprint density at radius 3 is 2.84 bits per heavy atom. The molecule has 1 aromatic carbocycles. The number of carbonyl (C=O) groups is 1. The topological polar surface area (TPSA) is 38.8 Å². The first-order valence-corrected chi connectivity index (χ1v) is 6.67. The Kier molecular flexibility index (Phi) is 6.67. The van der Waals surface area contributed by atoms with Crippen LogP contribution >= 0.6 is 11.6 Å². The molecule has 1 atom stereocenters. The summed E-state index contributed by atoms with van der Waals surface area (Å²) < 4.78 is 10.5. The van der Waals surface area contributed by atoms with Crippen molar-refractivity contribution in [2.75, 3.05) is 26.8 Å². The van der Waals surface area contributed by atoms with E-state index in [0.717, 1.165) is 5.75 Å². The molecule has 1 unspecified atom stereocenters. The molecule has 0 N–H and O–H groups in total. The normalized spacial score (nSPS) is 12.3. The van der Waals surface area contributed by atoms with Crippen molar-refractivity contribution in [3.05, 3.63) is 29.3 Å². The molecule has 106 valence electrons. The minimum Gasteiger partial charge on any atom is -0.492 e. The fourth-order valence-electron chi connectivity index (χ4n) is 1.50. The largest absolute Gasteiger partial charge is 0.492 e. The van der Waals surface area contributed by atoms with Crippen LogP contribution in [0.4, 0.5) is 0 Å². The molecule has 1 rings (SSSR count). The Hall–Kier alpha value is -1.26. The number of nitrogens with zero attached hydrogens (tertiary/aromatic N) is 1. The van der Waals surface area contributed by atoms with Gasteiger partial charge in [-0.1, -0.05) is 17.7 Å². The van der Waals surface area contributed by atoms with Crippen LogP contribution in [0.3, 0.4) is 0 Å². The summed E-state index contributed by atoms with van der Waals surface area (Å²) in [6.45, 7) is 5.13. The number of likely N-dealkylation sites (N-methyl/N-ethyl adjacent to an activating group) is 1. The van der Waals surface area contributed by atoms with Gasteiger partial charge in [0.15, 0.2) is 0 Å². The van der Waals surface area contributed by atoms with Crippen molar-refractivity contribution in [2.24, 2.45) is 0 Å². The van der Waals surface area contributed by atoms with Gasteiger partial charge >= 0.3 is 5.97 Å². The van der Waals surface area contributed by atoms with E-state index in [1.807, 2.05) is 31.0 Å². The smallest absolute Gasteiger partial charge is 0.323 e. The summed E-state index contributed by atoms with van der Waals surface area (Å²) in [5.74, 6) is 0.512. The molecule has 0 radical (unpaired) electrons. The molecule has 0 saturated heterocycles. The maximum absolute atomic E-state index is 11.5. The number of carbonyl (C=O) groups excluding carboxylic acids is 1. The second-order valence-corrected chi connectivity index (χ2v) is 4.65. The third-order valence-corrected chi connectivity index (χ3v) is 3.03. The monoisotopic (exact) mass is 285 g/mol. The molecule has 0 aliphatic rings. The number of esters is 1. The van der Waals surface area contributed by atoms with Crippen LogP contribution < -0.4 is 4.74 Å². The molecule has 19 heavy (non-hydrogen) atoms. The highest BCUT2D eigenvalue weighted by Crippen LogP contribution is 2.16. The molecule has 0 bridgehead atoms. The maximum Gasteiger partial charge on any atom is 0.323 e. The highest BCUT2D eigenvalue weighted by Gasteiger charge is 2.18. The van der Waals surface area contributed by atoms with E-state index in [-0.39, 0.29) is 12.0 Å². The van der Waals surface area contributed by atoms with Gasteiger partial charge in [0.25, 0.3) is 0 Å². The van der Waals surface area contributed by atoms with Gasteiger partial charge in [0, 0.05) is 11.6 Å². The summed E-state index contributed by atoms with van der Waals surface area (Å²) in [5, 5.41) is 0.644. The Bertz CT molecular complexity index is 411. The molecule has 0 saturated carbocycles. The molecule has 0 aliphatic heterocycles. The summed E-state index contributed by atoms with van der Waals surface area (Å²) in [6, 6.07) is 6.96. The zero-order valence-electron chi connectivity index (χ0n) is 11.6. The number of halogens is 1. The lowest BCUT2D eigenvalue weighted by atomic mass is 10.3. The van der Waals surface area contributed by atoms with Crippen LogP contribution in [0.5, 0.6) is 5.75 Å². The van der Waals surface area contributed by atoms with Gasteiger partial charge in [-0.15, -0.1) is 0 Å². The molecule has 0 aromatic heterocycles. The molecule has 0 fully saturated rings. The molecule has 0 spiro atoms. The second-order valence-electron chi connectivity index (χ2n) is 4.21. The lowest BCUT2D eigenvalue weighted by Crippen LogP contribution is -2.39. The number of rotatable bonds is 7. The molecule has 1 aromatic rings. The van der Waals surface area contributed by atoms with Crippen molar-refractivity contribution in [3.8, 4) is 5.75 Å². The minimum atomic E-state index is -0.275. The van der Waals surface area contributed by atoms with E-state index in [9.17, 15) is 4.79 Å². The molecule has 0 amide bonds. The first kappa shape index (κ1) is 15.8. The lowest BCUT2D eigenvalue weighted by Gasteiger charge is -2.22. The Morgan fingerprint density at radius 2 is 2.21 bits per heavy atom. The van der Waals surface area contributed by atoms with Crippen molar-refractivity contribution < 1.29 is 14.3 Å². The predicted molar refractivity (Wildman–Crippen MR) is 75.7 cm³/mol. The SMILES string of the molecule is CCOC(=O)C(C)N(C)CCOc1cccc(Cl)c1. The zero-order chi connectivity index (χ0) is 14.3. The predicted octanol–water partition coefficient (Wildman–Crippen LogP) is 2.60. The van der Waals surface area contributed by atoms with Crippen molar-refractivity contribution in [3.63, 3.8) is 0 Å². The molecule has 0 heterocycles. The number of benzene rings is 1. The Morgan fingerprint density at radius 1 is 1.47 bits per heavy atom. The van der Waals surface area contributed by atoms with Crippen LogP contribution in [0.2, 0.25) is 5.02 Å². The molecular weight excluding hydrogens is 266 g/mol. The fourth-order valence-corrected chi connectivity index (χ4v) is 1.68. The Balaban J connectivity index is 2.34. The van der Waals surface area contributed by atoms with Crippen molar-refractivity contribution in [1.29, 1.82) is 0 Å². The third kappa shape index (κ3) is 5.49. The van der Waals surface area contributed by atoms with Crippen molar-refractivity contribution in [1.82, 2.24) is 4.90 Å². The summed E-state index contributed by atoms with van der Waals surface area (Å²) in [5.41, 5.74) is 0. The summed E-state index contributed by atoms with van der Waals surface area (Å²) >= 11 is 5.86. The molecular formula is C14H20ClNO3. The van der Waals surface area contributed by atoms with Crippen LogP contribution in [-0.4, -0.2) is 43.7 Å². The summed E-state index contributed by atoms with van der Waals surface area (Å²) in [6.07, 6.45) is 0. The van der Waals surface area contributed by atoms with Crippen LogP contribution in [0.15, 0.2) is 24.3 Å². The van der Waals surface area contributed by atoms with Gasteiger partial charge in [-0.05, 0) is 39.1 Å². The van der Waals surface area contributed by atoms with Gasteiger partial charge in [-0.3, -0.25) is 9.69 Å². The maximum atomic E-state index is 11.5. The number of hydrogen-bond donors (Lipinski definition) is 0. The van der Waals surface area contributed by atoms with Gasteiger partial charge in [0.2, 0.25) is 0 Å². The molecule has 5 heteroatoms. The van der Waals surface area contributed by atoms with Crippen molar-refractivity contribution >= 4 is 17.6 Å². The lowest BCUT2D eigenvalue weighted by molar-refractivity contribution is -0.148. The Labute approximate surface area is 119 Å². The standard InChI is InChI=1S/C14H20ClNO3/c1-4-18-14(17)11(2)16(3)8-9-19-13-7-5-6-12(15)10-13/h5-7,10-11H,4,8-9H2,1-3H3. The average Bonchev–Trinajstić information content (AvgIpc) is 2.38. The highest BCUT2D eigenvalue weighted by atomic mass is 35.5.